The highest BCUT2D eigenvalue weighted by atomic mass is 15.2. The van der Waals surface area contributed by atoms with Crippen molar-refractivity contribution in [1.29, 1.82) is 5.26 Å². The van der Waals surface area contributed by atoms with Crippen LogP contribution >= 0.6 is 0 Å². The predicted molar refractivity (Wildman–Crippen MR) is 98.4 cm³/mol. The molecular weight excluding hydrogens is 312 g/mol. The molecule has 0 radical (unpaired) electrons. The van der Waals surface area contributed by atoms with Crippen molar-refractivity contribution >= 4 is 16.7 Å². The van der Waals surface area contributed by atoms with Gasteiger partial charge in [-0.05, 0) is 43.9 Å². The van der Waals surface area contributed by atoms with Gasteiger partial charge in [-0.15, -0.1) is 0 Å². The minimum absolute atomic E-state index is 0.447. The van der Waals surface area contributed by atoms with E-state index in [2.05, 4.69) is 31.6 Å². The van der Waals surface area contributed by atoms with Crippen LogP contribution in [0, 0.1) is 11.3 Å². The largest absolute Gasteiger partial charge is 0.367 e. The van der Waals surface area contributed by atoms with Crippen molar-refractivity contribution in [3.63, 3.8) is 0 Å². The van der Waals surface area contributed by atoms with Crippen LogP contribution in [-0.4, -0.2) is 53.1 Å². The molecule has 1 aliphatic heterocycles. The van der Waals surface area contributed by atoms with Crippen molar-refractivity contribution in [2.24, 2.45) is 0 Å². The van der Waals surface area contributed by atoms with E-state index in [9.17, 15) is 0 Å². The average molecular weight is 336 g/mol. The smallest absolute Gasteiger partial charge is 0.137 e. The molecule has 0 amide bonds. The fourth-order valence-electron chi connectivity index (χ4n) is 4.07. The summed E-state index contributed by atoms with van der Waals surface area (Å²) in [4.78, 5) is 11.4. The number of anilines is 1. The number of hydrogen-bond acceptors (Lipinski definition) is 6. The molecule has 2 fully saturated rings. The third-order valence-corrected chi connectivity index (χ3v) is 5.47. The summed E-state index contributed by atoms with van der Waals surface area (Å²) < 4.78 is 0. The number of nitrogens with one attached hydrogen (secondary N) is 2. The van der Waals surface area contributed by atoms with Gasteiger partial charge in [0.05, 0.1) is 17.1 Å². The van der Waals surface area contributed by atoms with Crippen LogP contribution < -0.4 is 10.6 Å². The van der Waals surface area contributed by atoms with E-state index >= 15 is 0 Å². The molecule has 1 saturated carbocycles. The number of nitriles is 1. The van der Waals surface area contributed by atoms with Crippen LogP contribution in [0.2, 0.25) is 0 Å². The summed E-state index contributed by atoms with van der Waals surface area (Å²) in [5.41, 5.74) is 1.53. The topological polar surface area (TPSA) is 76.9 Å². The lowest BCUT2D eigenvalue weighted by molar-refractivity contribution is 0.135. The molecule has 1 saturated heterocycles. The number of piperazine rings is 1. The monoisotopic (exact) mass is 336 g/mol. The maximum Gasteiger partial charge on any atom is 0.137 e. The minimum atomic E-state index is 0.447. The maximum atomic E-state index is 9.14. The standard InChI is InChI=1S/C19H24N6/c20-12-14-1-6-18-17(11-14)19(23-13-22-18)24-15-2-4-16(5-3-15)25-9-7-21-8-10-25/h1,6,11,13,15-16,21H,2-5,7-10H2,(H,22,23,24). The molecule has 0 spiro atoms. The predicted octanol–water partition coefficient (Wildman–Crippen LogP) is 2.13. The molecule has 0 bridgehead atoms. The molecule has 2 aliphatic rings. The minimum Gasteiger partial charge on any atom is -0.367 e. The van der Waals surface area contributed by atoms with Gasteiger partial charge in [0.25, 0.3) is 0 Å². The van der Waals surface area contributed by atoms with Crippen molar-refractivity contribution in [3.8, 4) is 6.07 Å². The van der Waals surface area contributed by atoms with Crippen LogP contribution in [0.4, 0.5) is 5.82 Å². The van der Waals surface area contributed by atoms with E-state index in [1.165, 1.54) is 25.9 Å². The van der Waals surface area contributed by atoms with Gasteiger partial charge in [0.2, 0.25) is 0 Å². The Bertz CT molecular complexity index is 769. The number of rotatable bonds is 3. The molecule has 4 rings (SSSR count). The van der Waals surface area contributed by atoms with Gasteiger partial charge in [-0.25, -0.2) is 9.97 Å². The van der Waals surface area contributed by atoms with Crippen LogP contribution in [0.25, 0.3) is 10.9 Å². The van der Waals surface area contributed by atoms with Gasteiger partial charge in [0.15, 0.2) is 0 Å². The number of aromatic nitrogens is 2. The fourth-order valence-corrected chi connectivity index (χ4v) is 4.07. The van der Waals surface area contributed by atoms with E-state index in [1.807, 2.05) is 12.1 Å². The van der Waals surface area contributed by atoms with E-state index < -0.39 is 0 Å². The van der Waals surface area contributed by atoms with Crippen molar-refractivity contribution in [2.45, 2.75) is 37.8 Å². The van der Waals surface area contributed by atoms with Gasteiger partial charge >= 0.3 is 0 Å². The molecule has 2 heterocycles. The first-order valence-electron chi connectivity index (χ1n) is 9.19. The summed E-state index contributed by atoms with van der Waals surface area (Å²) >= 11 is 0. The summed E-state index contributed by atoms with van der Waals surface area (Å²) in [7, 11) is 0. The molecule has 1 aromatic heterocycles. The molecule has 1 aliphatic carbocycles. The summed E-state index contributed by atoms with van der Waals surface area (Å²) in [5.74, 6) is 0.854. The molecule has 1 aromatic carbocycles. The Hall–Kier alpha value is -2.23. The second-order valence-corrected chi connectivity index (χ2v) is 7.00. The highest BCUT2D eigenvalue weighted by Gasteiger charge is 2.27. The van der Waals surface area contributed by atoms with Crippen LogP contribution in [0.3, 0.4) is 0 Å². The van der Waals surface area contributed by atoms with Gasteiger partial charge in [-0.1, -0.05) is 0 Å². The zero-order chi connectivity index (χ0) is 17.1. The lowest BCUT2D eigenvalue weighted by atomic mass is 9.89. The van der Waals surface area contributed by atoms with Crippen molar-refractivity contribution in [1.82, 2.24) is 20.2 Å². The molecule has 6 nitrogen and oxygen atoms in total. The zero-order valence-corrected chi connectivity index (χ0v) is 14.4. The van der Waals surface area contributed by atoms with Gasteiger partial charge in [-0.3, -0.25) is 4.90 Å². The molecular formula is C19H24N6. The highest BCUT2D eigenvalue weighted by molar-refractivity contribution is 5.89. The molecule has 130 valence electrons. The van der Waals surface area contributed by atoms with E-state index in [0.29, 0.717) is 11.6 Å². The van der Waals surface area contributed by atoms with E-state index in [1.54, 1.807) is 12.4 Å². The van der Waals surface area contributed by atoms with Crippen molar-refractivity contribution in [2.75, 3.05) is 31.5 Å². The fraction of sp³-hybridized carbons (Fsp3) is 0.526. The third-order valence-electron chi connectivity index (χ3n) is 5.47. The van der Waals surface area contributed by atoms with Gasteiger partial charge in [0, 0.05) is 43.6 Å². The Labute approximate surface area is 148 Å². The third kappa shape index (κ3) is 3.58. The maximum absolute atomic E-state index is 9.14. The Kier molecular flexibility index (Phi) is 4.77. The Morgan fingerprint density at radius 3 is 2.68 bits per heavy atom. The SMILES string of the molecule is N#Cc1ccc2ncnc(NC3CCC(N4CCNCC4)CC3)c2c1. The summed E-state index contributed by atoms with van der Waals surface area (Å²) in [6.07, 6.45) is 6.41. The molecule has 0 atom stereocenters. The second-order valence-electron chi connectivity index (χ2n) is 7.00. The van der Waals surface area contributed by atoms with Crippen LogP contribution in [0.15, 0.2) is 24.5 Å². The Morgan fingerprint density at radius 1 is 1.12 bits per heavy atom. The zero-order valence-electron chi connectivity index (χ0n) is 14.4. The first kappa shape index (κ1) is 16.2. The highest BCUT2D eigenvalue weighted by Crippen LogP contribution is 2.28. The first-order valence-corrected chi connectivity index (χ1v) is 9.19. The summed E-state index contributed by atoms with van der Waals surface area (Å²) in [5, 5.41) is 17.1. The van der Waals surface area contributed by atoms with Gasteiger partial charge in [-0.2, -0.15) is 5.26 Å². The average Bonchev–Trinajstić information content (AvgIpc) is 2.69. The lowest BCUT2D eigenvalue weighted by Gasteiger charge is -2.39. The Morgan fingerprint density at radius 2 is 1.92 bits per heavy atom. The first-order chi connectivity index (χ1) is 12.3. The van der Waals surface area contributed by atoms with Crippen LogP contribution in [0.5, 0.6) is 0 Å². The van der Waals surface area contributed by atoms with Crippen molar-refractivity contribution < 1.29 is 0 Å². The van der Waals surface area contributed by atoms with E-state index in [-0.39, 0.29) is 0 Å². The molecule has 2 aromatic rings. The molecule has 2 N–H and O–H groups in total. The normalized spacial score (nSPS) is 24.8. The summed E-state index contributed by atoms with van der Waals surface area (Å²) in [6.45, 7) is 4.59. The van der Waals surface area contributed by atoms with E-state index in [4.69, 9.17) is 5.26 Å². The summed E-state index contributed by atoms with van der Waals surface area (Å²) in [6, 6.07) is 8.95. The van der Waals surface area contributed by atoms with Crippen molar-refractivity contribution in [3.05, 3.63) is 30.1 Å². The quantitative estimate of drug-likeness (QED) is 0.894. The van der Waals surface area contributed by atoms with Crippen LogP contribution in [-0.2, 0) is 0 Å². The number of hydrogen-bond donors (Lipinski definition) is 2. The van der Waals surface area contributed by atoms with Gasteiger partial charge in [0.1, 0.15) is 12.1 Å². The van der Waals surface area contributed by atoms with E-state index in [0.717, 1.165) is 48.7 Å². The van der Waals surface area contributed by atoms with Crippen LogP contribution in [0.1, 0.15) is 31.2 Å². The number of nitrogens with zero attached hydrogens (tertiary/aromatic N) is 4. The lowest BCUT2D eigenvalue weighted by Crippen LogP contribution is -2.50. The number of fused-ring (bicyclic) bond motifs is 1. The molecule has 0 unspecified atom stereocenters. The molecule has 6 heteroatoms. The Balaban J connectivity index is 1.43. The number of benzene rings is 1. The van der Waals surface area contributed by atoms with Gasteiger partial charge < -0.3 is 10.6 Å². The molecule has 25 heavy (non-hydrogen) atoms. The second kappa shape index (κ2) is 7.34.